The predicted octanol–water partition coefficient (Wildman–Crippen LogP) is 3.70. The first kappa shape index (κ1) is 7.93. The number of nitrogens with zero attached hydrogens (tertiary/aromatic N) is 2. The van der Waals surface area contributed by atoms with E-state index in [-0.39, 0.29) is 0 Å². The van der Waals surface area contributed by atoms with Gasteiger partial charge >= 0.3 is 0 Å². The minimum Gasteiger partial charge on any atom is -0.173 e. The van der Waals surface area contributed by atoms with Crippen molar-refractivity contribution in [3.05, 3.63) is 15.3 Å². The van der Waals surface area contributed by atoms with E-state index in [1.54, 1.807) is 22.7 Å². The number of hydrogen-bond acceptors (Lipinski definition) is 6. The number of aromatic nitrogens is 2. The number of rotatable bonds is 0. The Morgan fingerprint density at radius 2 is 1.54 bits per heavy atom. The summed E-state index contributed by atoms with van der Waals surface area (Å²) < 4.78 is 11.8. The van der Waals surface area contributed by atoms with E-state index >= 15 is 0 Å². The monoisotopic (exact) mass is 242 g/mol. The van der Waals surface area contributed by atoms with Crippen LogP contribution in [-0.2, 0) is 0 Å². The van der Waals surface area contributed by atoms with Crippen molar-refractivity contribution in [2.75, 3.05) is 0 Å². The van der Waals surface area contributed by atoms with Gasteiger partial charge < -0.3 is 0 Å². The zero-order valence-electron chi connectivity index (χ0n) is 6.18. The van der Waals surface area contributed by atoms with Crippen molar-refractivity contribution >= 4 is 67.1 Å². The summed E-state index contributed by atoms with van der Waals surface area (Å²) in [6, 6.07) is 4.12. The lowest BCUT2D eigenvalue weighted by Gasteiger charge is -1.85. The van der Waals surface area contributed by atoms with Crippen LogP contribution in [0.5, 0.6) is 0 Å². The lowest BCUT2D eigenvalue weighted by atomic mass is 10.3. The third kappa shape index (κ3) is 1.21. The van der Waals surface area contributed by atoms with Gasteiger partial charge in [0.25, 0.3) is 0 Å². The molecule has 0 radical (unpaired) electrons. The minimum atomic E-state index is 0.964. The molecule has 3 rings (SSSR count). The minimum absolute atomic E-state index is 0.964. The Hall–Kier alpha value is -0.430. The van der Waals surface area contributed by atoms with E-state index in [0.717, 1.165) is 14.2 Å². The Morgan fingerprint density at radius 3 is 2.08 bits per heavy atom. The summed E-state index contributed by atoms with van der Waals surface area (Å²) in [5.74, 6) is 0. The standard InChI is InChI=1S/C7H2N2S4/c10-7-11-5-1-3-4(9-13-8-3)2-6(5)12-7/h1-2H. The largest absolute Gasteiger partial charge is 0.173 e. The number of hydrogen-bond donors (Lipinski definition) is 0. The normalized spacial score (nSPS) is 11.4. The van der Waals surface area contributed by atoms with E-state index in [1.807, 2.05) is 0 Å². The lowest BCUT2D eigenvalue weighted by Crippen LogP contribution is -1.66. The SMILES string of the molecule is S=c1sc2cc3nsnc3cc2s1. The maximum absolute atomic E-state index is 5.12. The highest BCUT2D eigenvalue weighted by Crippen LogP contribution is 2.31. The van der Waals surface area contributed by atoms with E-state index in [9.17, 15) is 0 Å². The molecular weight excluding hydrogens is 240 g/mol. The molecule has 0 aliphatic carbocycles. The molecule has 0 aliphatic heterocycles. The van der Waals surface area contributed by atoms with Gasteiger partial charge in [0.1, 0.15) is 14.2 Å². The Balaban J connectivity index is 2.62. The molecule has 2 nitrogen and oxygen atoms in total. The fraction of sp³-hybridized carbons (Fsp3) is 0. The summed E-state index contributed by atoms with van der Waals surface area (Å²) in [4.78, 5) is 0. The molecule has 0 N–H and O–H groups in total. The summed E-state index contributed by atoms with van der Waals surface area (Å²) in [5, 5.41) is 0. The molecule has 3 aromatic rings. The average molecular weight is 242 g/mol. The Morgan fingerprint density at radius 1 is 1.00 bits per heavy atom. The molecule has 2 heterocycles. The molecule has 0 spiro atoms. The Bertz CT molecular complexity index is 581. The molecule has 0 saturated carbocycles. The molecule has 0 bridgehead atoms. The smallest absolute Gasteiger partial charge is 0.144 e. The third-order valence-corrected chi connectivity index (χ3v) is 4.84. The van der Waals surface area contributed by atoms with Gasteiger partial charge in [-0.05, 0) is 12.1 Å². The van der Waals surface area contributed by atoms with Crippen molar-refractivity contribution in [3.63, 3.8) is 0 Å². The van der Waals surface area contributed by atoms with Crippen LogP contribution in [0, 0.1) is 3.14 Å². The summed E-state index contributed by atoms with van der Waals surface area (Å²) in [7, 11) is 0. The molecule has 64 valence electrons. The summed E-state index contributed by atoms with van der Waals surface area (Å²) in [5.41, 5.74) is 1.95. The van der Waals surface area contributed by atoms with Crippen LogP contribution >= 0.6 is 46.6 Å². The van der Waals surface area contributed by atoms with Gasteiger partial charge in [0, 0.05) is 9.40 Å². The van der Waals surface area contributed by atoms with Crippen molar-refractivity contribution in [2.45, 2.75) is 0 Å². The third-order valence-electron chi connectivity index (χ3n) is 1.71. The molecule has 0 atom stereocenters. The quantitative estimate of drug-likeness (QED) is 0.562. The number of fused-ring (bicyclic) bond motifs is 2. The molecule has 0 unspecified atom stereocenters. The van der Waals surface area contributed by atoms with Crippen LogP contribution in [0.25, 0.3) is 20.4 Å². The Labute approximate surface area is 90.8 Å². The molecule has 0 aliphatic rings. The highest BCUT2D eigenvalue weighted by Gasteiger charge is 2.03. The molecule has 6 heteroatoms. The Kier molecular flexibility index (Phi) is 1.69. The second-order valence-electron chi connectivity index (χ2n) is 2.51. The lowest BCUT2D eigenvalue weighted by molar-refractivity contribution is 1.69. The van der Waals surface area contributed by atoms with E-state index < -0.39 is 0 Å². The van der Waals surface area contributed by atoms with E-state index in [2.05, 4.69) is 20.9 Å². The van der Waals surface area contributed by atoms with Gasteiger partial charge in [-0.1, -0.05) is 12.2 Å². The fourth-order valence-electron chi connectivity index (χ4n) is 1.15. The van der Waals surface area contributed by atoms with Crippen molar-refractivity contribution in [3.8, 4) is 0 Å². The van der Waals surface area contributed by atoms with Crippen LogP contribution in [0.1, 0.15) is 0 Å². The highest BCUT2D eigenvalue weighted by atomic mass is 32.2. The van der Waals surface area contributed by atoms with Crippen molar-refractivity contribution < 1.29 is 0 Å². The van der Waals surface area contributed by atoms with Crippen LogP contribution in [0.15, 0.2) is 12.1 Å². The first-order valence-electron chi connectivity index (χ1n) is 3.49. The van der Waals surface area contributed by atoms with E-state index in [0.29, 0.717) is 0 Å². The molecule has 1 aromatic carbocycles. The zero-order chi connectivity index (χ0) is 8.84. The van der Waals surface area contributed by atoms with Crippen LogP contribution in [0.3, 0.4) is 0 Å². The molecule has 0 amide bonds. The van der Waals surface area contributed by atoms with Crippen LogP contribution in [0.2, 0.25) is 0 Å². The predicted molar refractivity (Wildman–Crippen MR) is 61.5 cm³/mol. The summed E-state index contributed by atoms with van der Waals surface area (Å²) in [6.07, 6.45) is 0. The maximum atomic E-state index is 5.12. The van der Waals surface area contributed by atoms with E-state index in [4.69, 9.17) is 12.2 Å². The summed E-state index contributed by atoms with van der Waals surface area (Å²) in [6.45, 7) is 0. The van der Waals surface area contributed by atoms with Crippen molar-refractivity contribution in [2.24, 2.45) is 0 Å². The zero-order valence-corrected chi connectivity index (χ0v) is 9.45. The van der Waals surface area contributed by atoms with Gasteiger partial charge in [0.15, 0.2) is 0 Å². The second kappa shape index (κ2) is 2.78. The van der Waals surface area contributed by atoms with Gasteiger partial charge in [-0.25, -0.2) is 0 Å². The highest BCUT2D eigenvalue weighted by molar-refractivity contribution is 7.77. The second-order valence-corrected chi connectivity index (χ2v) is 6.32. The van der Waals surface area contributed by atoms with Crippen molar-refractivity contribution in [1.29, 1.82) is 0 Å². The van der Waals surface area contributed by atoms with Crippen LogP contribution in [-0.4, -0.2) is 8.75 Å². The molecule has 2 aromatic heterocycles. The molecule has 13 heavy (non-hydrogen) atoms. The summed E-state index contributed by atoms with van der Waals surface area (Å²) >= 11 is 9.66. The van der Waals surface area contributed by atoms with Gasteiger partial charge in [-0.3, -0.25) is 0 Å². The van der Waals surface area contributed by atoms with Gasteiger partial charge in [0.2, 0.25) is 0 Å². The van der Waals surface area contributed by atoms with Crippen LogP contribution in [0.4, 0.5) is 0 Å². The maximum Gasteiger partial charge on any atom is 0.144 e. The van der Waals surface area contributed by atoms with E-state index in [1.165, 1.54) is 21.1 Å². The van der Waals surface area contributed by atoms with Gasteiger partial charge in [-0.2, -0.15) is 8.75 Å². The molecule has 0 fully saturated rings. The molecule has 0 saturated heterocycles. The first-order valence-corrected chi connectivity index (χ1v) is 6.26. The van der Waals surface area contributed by atoms with Crippen molar-refractivity contribution in [1.82, 2.24) is 8.75 Å². The molecular formula is C7H2N2S4. The number of benzene rings is 1. The first-order chi connectivity index (χ1) is 6.33. The van der Waals surface area contributed by atoms with Gasteiger partial charge in [-0.15, -0.1) is 22.7 Å². The topological polar surface area (TPSA) is 25.8 Å². The average Bonchev–Trinajstić information content (AvgIpc) is 2.63. The fourth-order valence-corrected chi connectivity index (χ4v) is 4.18. The van der Waals surface area contributed by atoms with Gasteiger partial charge in [0.05, 0.1) is 11.7 Å². The van der Waals surface area contributed by atoms with Crippen LogP contribution < -0.4 is 0 Å².